The second kappa shape index (κ2) is 10.1. The molecule has 6 nitrogen and oxygen atoms in total. The van der Waals surface area contributed by atoms with E-state index in [4.69, 9.17) is 14.2 Å². The van der Waals surface area contributed by atoms with E-state index in [2.05, 4.69) is 17.1 Å². The third-order valence-corrected chi connectivity index (χ3v) is 4.99. The molecular formula is C22H29N2O4+. The van der Waals surface area contributed by atoms with Crippen molar-refractivity contribution in [1.29, 1.82) is 0 Å². The van der Waals surface area contributed by atoms with Crippen molar-refractivity contribution >= 4 is 6.21 Å². The number of hydrogen-bond donors (Lipinski definition) is 2. The van der Waals surface area contributed by atoms with Gasteiger partial charge in [0.1, 0.15) is 24.9 Å². The molecule has 2 aromatic carbocycles. The van der Waals surface area contributed by atoms with E-state index in [9.17, 15) is 5.11 Å². The summed E-state index contributed by atoms with van der Waals surface area (Å²) in [7, 11) is 1.67. The average Bonchev–Trinajstić information content (AvgIpc) is 2.74. The van der Waals surface area contributed by atoms with Crippen LogP contribution in [-0.2, 0) is 4.74 Å². The van der Waals surface area contributed by atoms with Crippen molar-refractivity contribution in [3.63, 3.8) is 0 Å². The van der Waals surface area contributed by atoms with Gasteiger partial charge in [-0.3, -0.25) is 4.99 Å². The zero-order valence-corrected chi connectivity index (χ0v) is 16.6. The van der Waals surface area contributed by atoms with Crippen LogP contribution in [0.3, 0.4) is 0 Å². The molecule has 6 heteroatoms. The molecule has 1 aliphatic heterocycles. The number of nitrogens with one attached hydrogen (secondary N) is 1. The van der Waals surface area contributed by atoms with E-state index < -0.39 is 0 Å². The molecule has 2 aromatic rings. The van der Waals surface area contributed by atoms with E-state index >= 15 is 0 Å². The lowest BCUT2D eigenvalue weighted by atomic mass is 10.0. The van der Waals surface area contributed by atoms with E-state index in [-0.39, 0.29) is 11.8 Å². The molecule has 3 rings (SSSR count). The Bertz CT molecular complexity index is 771. The molecule has 0 aliphatic carbocycles. The van der Waals surface area contributed by atoms with Gasteiger partial charge in [-0.15, -0.1) is 0 Å². The zero-order valence-electron chi connectivity index (χ0n) is 16.6. The minimum absolute atomic E-state index is 0.132. The normalized spacial score (nSPS) is 16.2. The number of quaternary nitrogens is 1. The van der Waals surface area contributed by atoms with Crippen LogP contribution in [0.15, 0.2) is 47.5 Å². The fourth-order valence-corrected chi connectivity index (χ4v) is 3.46. The monoisotopic (exact) mass is 385 g/mol. The fraction of sp³-hybridized carbons (Fsp3) is 0.409. The SMILES string of the molecule is CCOc1cccc(C=NC[C@H](c2ccc(OC)cc2)[NH+]2CCOCC2)c1O. The number of phenols is 1. The third kappa shape index (κ3) is 5.03. The highest BCUT2D eigenvalue weighted by atomic mass is 16.5. The number of para-hydroxylation sites is 1. The lowest BCUT2D eigenvalue weighted by Crippen LogP contribution is -3.14. The summed E-state index contributed by atoms with van der Waals surface area (Å²) in [5, 5.41) is 10.4. The van der Waals surface area contributed by atoms with Crippen LogP contribution in [0.2, 0.25) is 0 Å². The van der Waals surface area contributed by atoms with Crippen molar-refractivity contribution in [1.82, 2.24) is 0 Å². The molecule has 0 saturated carbocycles. The third-order valence-electron chi connectivity index (χ3n) is 4.99. The predicted octanol–water partition coefficient (Wildman–Crippen LogP) is 1.87. The summed E-state index contributed by atoms with van der Waals surface area (Å²) < 4.78 is 16.3. The van der Waals surface area contributed by atoms with Gasteiger partial charge in [-0.25, -0.2) is 0 Å². The molecule has 150 valence electrons. The first-order valence-corrected chi connectivity index (χ1v) is 9.73. The first-order chi connectivity index (χ1) is 13.7. The number of ether oxygens (including phenoxy) is 3. The summed E-state index contributed by atoms with van der Waals surface area (Å²) in [6, 6.07) is 13.9. The molecule has 0 bridgehead atoms. The molecule has 1 aliphatic rings. The number of hydrogen-bond acceptors (Lipinski definition) is 5. The van der Waals surface area contributed by atoms with Crippen LogP contribution >= 0.6 is 0 Å². The van der Waals surface area contributed by atoms with E-state index in [0.717, 1.165) is 32.1 Å². The van der Waals surface area contributed by atoms with Crippen molar-refractivity contribution in [2.45, 2.75) is 13.0 Å². The summed E-state index contributed by atoms with van der Waals surface area (Å²) in [4.78, 5) is 6.12. The summed E-state index contributed by atoms with van der Waals surface area (Å²) in [6.45, 7) is 6.47. The molecule has 1 atom stereocenters. The molecule has 1 saturated heterocycles. The molecule has 2 N–H and O–H groups in total. The first kappa shape index (κ1) is 20.2. The average molecular weight is 385 g/mol. The number of methoxy groups -OCH3 is 1. The van der Waals surface area contributed by atoms with Crippen molar-refractivity contribution in [3.8, 4) is 17.2 Å². The Hall–Kier alpha value is -2.57. The molecule has 0 aromatic heterocycles. The summed E-state index contributed by atoms with van der Waals surface area (Å²) in [5.41, 5.74) is 1.89. The van der Waals surface area contributed by atoms with Gasteiger partial charge in [0.2, 0.25) is 0 Å². The summed E-state index contributed by atoms with van der Waals surface area (Å²) >= 11 is 0. The van der Waals surface area contributed by atoms with Gasteiger partial charge in [0, 0.05) is 17.3 Å². The van der Waals surface area contributed by atoms with Crippen LogP contribution in [0, 0.1) is 0 Å². The topological polar surface area (TPSA) is 64.7 Å². The van der Waals surface area contributed by atoms with E-state index in [1.807, 2.05) is 31.2 Å². The standard InChI is InChI=1S/C22H28N2O4/c1-3-28-21-6-4-5-18(22(21)25)15-23-16-20(24-11-13-27-14-12-24)17-7-9-19(26-2)10-8-17/h4-10,15,20,25H,3,11-14,16H2,1-2H3/p+1/t20-/m1/s1. The number of phenolic OH excluding ortho intramolecular Hbond substituents is 1. The van der Waals surface area contributed by atoms with Gasteiger partial charge in [0.25, 0.3) is 0 Å². The molecule has 0 spiro atoms. The van der Waals surface area contributed by atoms with Gasteiger partial charge < -0.3 is 24.2 Å². The Morgan fingerprint density at radius 2 is 1.93 bits per heavy atom. The van der Waals surface area contributed by atoms with Gasteiger partial charge in [-0.2, -0.15) is 0 Å². The Balaban J connectivity index is 1.77. The molecule has 1 fully saturated rings. The molecule has 28 heavy (non-hydrogen) atoms. The highest BCUT2D eigenvalue weighted by molar-refractivity contribution is 5.84. The van der Waals surface area contributed by atoms with Crippen molar-refractivity contribution < 1.29 is 24.2 Å². The van der Waals surface area contributed by atoms with Gasteiger partial charge in [-0.05, 0) is 43.3 Å². The molecule has 1 heterocycles. The van der Waals surface area contributed by atoms with Gasteiger partial charge in [0.15, 0.2) is 11.5 Å². The largest absolute Gasteiger partial charge is 0.504 e. The lowest BCUT2D eigenvalue weighted by Gasteiger charge is -2.31. The smallest absolute Gasteiger partial charge is 0.166 e. The molecule has 0 amide bonds. The van der Waals surface area contributed by atoms with Crippen LogP contribution in [0.1, 0.15) is 24.1 Å². The van der Waals surface area contributed by atoms with Crippen molar-refractivity contribution in [3.05, 3.63) is 53.6 Å². The van der Waals surface area contributed by atoms with Crippen LogP contribution in [-0.4, -0.2) is 57.9 Å². The Kier molecular flexibility index (Phi) is 7.28. The minimum atomic E-state index is 0.132. The molecular weight excluding hydrogens is 356 g/mol. The van der Waals surface area contributed by atoms with Crippen LogP contribution in [0.25, 0.3) is 0 Å². The van der Waals surface area contributed by atoms with Crippen molar-refractivity contribution in [2.24, 2.45) is 4.99 Å². The Morgan fingerprint density at radius 1 is 1.18 bits per heavy atom. The van der Waals surface area contributed by atoms with Crippen LogP contribution in [0.4, 0.5) is 0 Å². The minimum Gasteiger partial charge on any atom is -0.504 e. The number of nitrogens with zero attached hydrogens (tertiary/aromatic N) is 1. The number of benzene rings is 2. The maximum atomic E-state index is 10.4. The first-order valence-electron chi connectivity index (χ1n) is 9.73. The maximum Gasteiger partial charge on any atom is 0.166 e. The van der Waals surface area contributed by atoms with Gasteiger partial charge >= 0.3 is 0 Å². The lowest BCUT2D eigenvalue weighted by molar-refractivity contribution is -0.937. The highest BCUT2D eigenvalue weighted by Crippen LogP contribution is 2.28. The quantitative estimate of drug-likeness (QED) is 0.681. The Labute approximate surface area is 166 Å². The molecule has 0 unspecified atom stereocenters. The van der Waals surface area contributed by atoms with E-state index in [1.54, 1.807) is 19.4 Å². The maximum absolute atomic E-state index is 10.4. The number of aliphatic imine (C=N–C) groups is 1. The molecule has 0 radical (unpaired) electrons. The Morgan fingerprint density at radius 3 is 2.61 bits per heavy atom. The van der Waals surface area contributed by atoms with Crippen molar-refractivity contribution in [2.75, 3.05) is 46.6 Å². The van der Waals surface area contributed by atoms with Crippen LogP contribution in [0.5, 0.6) is 17.2 Å². The zero-order chi connectivity index (χ0) is 19.8. The van der Waals surface area contributed by atoms with E-state index in [1.165, 1.54) is 10.5 Å². The highest BCUT2D eigenvalue weighted by Gasteiger charge is 2.26. The van der Waals surface area contributed by atoms with Gasteiger partial charge in [-0.1, -0.05) is 6.07 Å². The second-order valence-corrected chi connectivity index (χ2v) is 6.72. The fourth-order valence-electron chi connectivity index (χ4n) is 3.46. The second-order valence-electron chi connectivity index (χ2n) is 6.72. The van der Waals surface area contributed by atoms with Crippen LogP contribution < -0.4 is 14.4 Å². The van der Waals surface area contributed by atoms with Gasteiger partial charge in [0.05, 0.1) is 33.5 Å². The van der Waals surface area contributed by atoms with E-state index in [0.29, 0.717) is 24.5 Å². The number of aromatic hydroxyl groups is 1. The predicted molar refractivity (Wildman–Crippen MR) is 109 cm³/mol. The number of rotatable bonds is 8. The number of morpholine rings is 1. The summed E-state index contributed by atoms with van der Waals surface area (Å²) in [6.07, 6.45) is 1.73. The summed E-state index contributed by atoms with van der Waals surface area (Å²) in [5.74, 6) is 1.46.